The Morgan fingerprint density at radius 2 is 2.24 bits per heavy atom. The van der Waals surface area contributed by atoms with Crippen LogP contribution in [0.1, 0.15) is 21.5 Å². The zero-order chi connectivity index (χ0) is 13.0. The molecule has 1 rings (SSSR count). The molecule has 0 fully saturated rings. The Bertz CT molecular complexity index is 485. The van der Waals surface area contributed by atoms with Gasteiger partial charge in [0.15, 0.2) is 0 Å². The van der Waals surface area contributed by atoms with Crippen LogP contribution < -0.4 is 4.74 Å². The fraction of sp³-hybridized carbons (Fsp3) is 0.200. The third kappa shape index (κ3) is 2.91. The zero-order valence-corrected chi connectivity index (χ0v) is 9.87. The predicted molar refractivity (Wildman–Crippen MR) is 57.4 cm³/mol. The molecule has 1 aromatic carbocycles. The molecule has 0 bridgehead atoms. The van der Waals surface area contributed by atoms with Crippen LogP contribution in [0.25, 0.3) is 0 Å². The van der Waals surface area contributed by atoms with Gasteiger partial charge in [0.05, 0.1) is 5.56 Å². The third-order valence-corrected chi connectivity index (χ3v) is 2.54. The number of hydrogen-bond donors (Lipinski definition) is 1. The Labute approximate surface area is 104 Å². The van der Waals surface area contributed by atoms with Crippen molar-refractivity contribution in [2.75, 3.05) is 0 Å². The summed E-state index contributed by atoms with van der Waals surface area (Å²) < 4.78 is 28.2. The molecule has 17 heavy (non-hydrogen) atoms. The minimum atomic E-state index is -3.11. The van der Waals surface area contributed by atoms with Crippen LogP contribution in [0.4, 0.5) is 8.78 Å². The van der Waals surface area contributed by atoms with Crippen molar-refractivity contribution in [1.29, 1.82) is 5.26 Å². The van der Waals surface area contributed by atoms with E-state index in [1.165, 1.54) is 6.07 Å². The molecule has 0 aliphatic heterocycles. The molecule has 0 atom stereocenters. The van der Waals surface area contributed by atoms with Crippen molar-refractivity contribution in [3.63, 3.8) is 0 Å². The average Bonchev–Trinajstić information content (AvgIpc) is 2.27. The maximum atomic E-state index is 12.1. The second kappa shape index (κ2) is 5.59. The van der Waals surface area contributed by atoms with E-state index in [4.69, 9.17) is 10.4 Å². The van der Waals surface area contributed by atoms with Crippen molar-refractivity contribution in [2.24, 2.45) is 0 Å². The fourth-order valence-electron chi connectivity index (χ4n) is 1.29. The van der Waals surface area contributed by atoms with Crippen LogP contribution in [0.3, 0.4) is 0 Å². The van der Waals surface area contributed by atoms with Crippen LogP contribution in [0.2, 0.25) is 0 Å². The summed E-state index contributed by atoms with van der Waals surface area (Å²) in [6.07, 6.45) is 0. The molecule has 0 heterocycles. The number of halogens is 3. The molecule has 0 aliphatic carbocycles. The van der Waals surface area contributed by atoms with E-state index < -0.39 is 23.9 Å². The van der Waals surface area contributed by atoms with E-state index in [9.17, 15) is 13.6 Å². The molecular formula is C10H6BrF2NO3. The summed E-state index contributed by atoms with van der Waals surface area (Å²) in [4.78, 5) is 11.0. The Kier molecular flexibility index (Phi) is 4.40. The number of aromatic carboxylic acids is 1. The van der Waals surface area contributed by atoms with Crippen molar-refractivity contribution in [1.82, 2.24) is 0 Å². The summed E-state index contributed by atoms with van der Waals surface area (Å²) in [5.74, 6) is -1.81. The monoisotopic (exact) mass is 305 g/mol. The number of rotatable bonds is 4. The number of carbonyl (C=O) groups is 1. The number of ether oxygens (including phenoxy) is 1. The van der Waals surface area contributed by atoms with E-state index in [1.807, 2.05) is 0 Å². The summed E-state index contributed by atoms with van der Waals surface area (Å²) >= 11 is 3.05. The summed E-state index contributed by atoms with van der Waals surface area (Å²) in [7, 11) is 0. The molecule has 0 radical (unpaired) electrons. The largest absolute Gasteiger partial charge is 0.478 e. The van der Waals surface area contributed by atoms with E-state index in [2.05, 4.69) is 20.7 Å². The van der Waals surface area contributed by atoms with E-state index in [-0.39, 0.29) is 10.9 Å². The average molecular weight is 306 g/mol. The van der Waals surface area contributed by atoms with Gasteiger partial charge in [-0.1, -0.05) is 22.0 Å². The van der Waals surface area contributed by atoms with E-state index >= 15 is 0 Å². The summed E-state index contributed by atoms with van der Waals surface area (Å²) in [6.45, 7) is -3.11. The predicted octanol–water partition coefficient (Wildman–Crippen LogP) is 2.75. The Balaban J connectivity index is 3.42. The molecule has 1 N–H and O–H groups in total. The lowest BCUT2D eigenvalue weighted by Gasteiger charge is -2.10. The molecule has 0 amide bonds. The molecule has 1 aromatic rings. The smallest absolute Gasteiger partial charge is 0.387 e. The molecule has 0 aliphatic rings. The van der Waals surface area contributed by atoms with Crippen molar-refractivity contribution in [2.45, 2.75) is 11.9 Å². The molecule has 0 unspecified atom stereocenters. The van der Waals surface area contributed by atoms with Crippen LogP contribution in [-0.4, -0.2) is 17.7 Å². The number of nitrogens with zero attached hydrogens (tertiary/aromatic N) is 1. The second-order valence-electron chi connectivity index (χ2n) is 2.90. The van der Waals surface area contributed by atoms with Crippen molar-refractivity contribution < 1.29 is 23.4 Å². The Morgan fingerprint density at radius 1 is 1.59 bits per heavy atom. The lowest BCUT2D eigenvalue weighted by atomic mass is 10.0. The number of nitriles is 1. The van der Waals surface area contributed by atoms with Gasteiger partial charge >= 0.3 is 12.6 Å². The van der Waals surface area contributed by atoms with Crippen LogP contribution in [0.5, 0.6) is 5.75 Å². The Hall–Kier alpha value is -1.68. The van der Waals surface area contributed by atoms with Crippen LogP contribution in [0.15, 0.2) is 12.1 Å². The van der Waals surface area contributed by atoms with Crippen LogP contribution in [0, 0.1) is 11.3 Å². The highest BCUT2D eigenvalue weighted by atomic mass is 79.9. The summed E-state index contributed by atoms with van der Waals surface area (Å²) in [6, 6.07) is 4.03. The van der Waals surface area contributed by atoms with E-state index in [0.717, 1.165) is 6.07 Å². The maximum absolute atomic E-state index is 12.1. The highest BCUT2D eigenvalue weighted by molar-refractivity contribution is 9.08. The molecule has 0 spiro atoms. The van der Waals surface area contributed by atoms with Crippen molar-refractivity contribution in [3.05, 3.63) is 28.8 Å². The van der Waals surface area contributed by atoms with E-state index in [0.29, 0.717) is 5.56 Å². The van der Waals surface area contributed by atoms with Crippen LogP contribution in [-0.2, 0) is 5.33 Å². The number of carboxylic acids is 1. The topological polar surface area (TPSA) is 70.3 Å². The first-order valence-corrected chi connectivity index (χ1v) is 5.43. The van der Waals surface area contributed by atoms with Gasteiger partial charge in [0, 0.05) is 5.33 Å². The lowest BCUT2D eigenvalue weighted by molar-refractivity contribution is -0.0501. The number of benzene rings is 1. The van der Waals surface area contributed by atoms with Crippen LogP contribution >= 0.6 is 15.9 Å². The molecule has 0 saturated carbocycles. The highest BCUT2D eigenvalue weighted by Gasteiger charge is 2.21. The molecule has 0 aromatic heterocycles. The second-order valence-corrected chi connectivity index (χ2v) is 3.46. The fourth-order valence-corrected chi connectivity index (χ4v) is 1.75. The van der Waals surface area contributed by atoms with Gasteiger partial charge in [-0.05, 0) is 11.6 Å². The first kappa shape index (κ1) is 13.4. The normalized spacial score (nSPS) is 10.1. The molecule has 4 nitrogen and oxygen atoms in total. The number of hydrogen-bond acceptors (Lipinski definition) is 3. The van der Waals surface area contributed by atoms with Gasteiger partial charge in [0.2, 0.25) is 0 Å². The van der Waals surface area contributed by atoms with Crippen molar-refractivity contribution >= 4 is 21.9 Å². The standard InChI is InChI=1S/C10H6BrF2NO3/c11-3-5-1-2-7(17-10(12)13)6(4-14)8(5)9(15)16/h1-2,10H,3H2,(H,15,16). The minimum Gasteiger partial charge on any atom is -0.478 e. The maximum Gasteiger partial charge on any atom is 0.387 e. The first-order chi connectivity index (χ1) is 8.01. The molecule has 7 heteroatoms. The van der Waals surface area contributed by atoms with Gasteiger partial charge in [-0.15, -0.1) is 0 Å². The first-order valence-electron chi connectivity index (χ1n) is 4.31. The lowest BCUT2D eigenvalue weighted by Crippen LogP contribution is -2.09. The van der Waals surface area contributed by atoms with Gasteiger partial charge in [-0.2, -0.15) is 14.0 Å². The molecular weight excluding hydrogens is 300 g/mol. The van der Waals surface area contributed by atoms with Gasteiger partial charge < -0.3 is 9.84 Å². The zero-order valence-electron chi connectivity index (χ0n) is 8.28. The van der Waals surface area contributed by atoms with Gasteiger partial charge in [-0.3, -0.25) is 0 Å². The quantitative estimate of drug-likeness (QED) is 0.868. The molecule has 90 valence electrons. The number of alkyl halides is 3. The van der Waals surface area contributed by atoms with Gasteiger partial charge in [0.25, 0.3) is 0 Å². The molecule has 0 saturated heterocycles. The Morgan fingerprint density at radius 3 is 2.65 bits per heavy atom. The third-order valence-electron chi connectivity index (χ3n) is 1.94. The van der Waals surface area contributed by atoms with E-state index in [1.54, 1.807) is 6.07 Å². The highest BCUT2D eigenvalue weighted by Crippen LogP contribution is 2.27. The number of carboxylic acid groups (broad SMARTS) is 1. The van der Waals surface area contributed by atoms with Crippen molar-refractivity contribution in [3.8, 4) is 11.8 Å². The van der Waals surface area contributed by atoms with Gasteiger partial charge in [-0.25, -0.2) is 4.79 Å². The summed E-state index contributed by atoms with van der Waals surface area (Å²) in [5.41, 5.74) is -0.423. The SMILES string of the molecule is N#Cc1c(OC(F)F)ccc(CBr)c1C(=O)O. The minimum absolute atomic E-state index is 0.193. The van der Waals surface area contributed by atoms with Gasteiger partial charge in [0.1, 0.15) is 17.4 Å². The summed E-state index contributed by atoms with van der Waals surface area (Å²) in [5, 5.41) is 18.0.